The normalized spacial score (nSPS) is 10.8. The number of aromatic nitrogens is 1. The van der Waals surface area contributed by atoms with E-state index in [-0.39, 0.29) is 12.5 Å². The monoisotopic (exact) mass is 260 g/mol. The average Bonchev–Trinajstić information content (AvgIpc) is 2.81. The number of rotatable bonds is 6. The van der Waals surface area contributed by atoms with Crippen molar-refractivity contribution in [2.75, 3.05) is 13.7 Å². The molecule has 0 aliphatic carbocycles. The number of carbonyl (C=O) groups excluding carboxylic acids is 1. The van der Waals surface area contributed by atoms with Crippen molar-refractivity contribution in [1.82, 2.24) is 9.88 Å². The highest BCUT2D eigenvalue weighted by Gasteiger charge is 2.06. The fourth-order valence-corrected chi connectivity index (χ4v) is 2.11. The molecule has 2 rings (SSSR count). The fraction of sp³-hybridized carbons (Fsp3) is 0.400. The van der Waals surface area contributed by atoms with Crippen LogP contribution >= 0.6 is 0 Å². The van der Waals surface area contributed by atoms with E-state index in [4.69, 9.17) is 4.74 Å². The zero-order chi connectivity index (χ0) is 13.7. The summed E-state index contributed by atoms with van der Waals surface area (Å²) in [6, 6.07) is 8.34. The number of ether oxygens (including phenoxy) is 1. The van der Waals surface area contributed by atoms with Gasteiger partial charge in [-0.25, -0.2) is 0 Å². The lowest BCUT2D eigenvalue weighted by atomic mass is 10.1. The summed E-state index contributed by atoms with van der Waals surface area (Å²) in [4.78, 5) is 11.3. The molecule has 0 unspecified atom stereocenters. The molecule has 19 heavy (non-hydrogen) atoms. The van der Waals surface area contributed by atoms with Gasteiger partial charge in [-0.05, 0) is 42.1 Å². The summed E-state index contributed by atoms with van der Waals surface area (Å²) < 4.78 is 6.60. The molecule has 2 aromatic rings. The van der Waals surface area contributed by atoms with Gasteiger partial charge in [-0.1, -0.05) is 13.0 Å². The zero-order valence-electron chi connectivity index (χ0n) is 11.5. The zero-order valence-corrected chi connectivity index (χ0v) is 11.5. The minimum absolute atomic E-state index is 0.230. The molecular formula is C15H20N2O2. The molecule has 0 aliphatic rings. The molecule has 1 aromatic carbocycles. The Balaban J connectivity index is 2.14. The van der Waals surface area contributed by atoms with Gasteiger partial charge in [0.05, 0.1) is 7.11 Å². The Morgan fingerprint density at radius 3 is 2.95 bits per heavy atom. The van der Waals surface area contributed by atoms with Crippen molar-refractivity contribution in [3.63, 3.8) is 0 Å². The molecule has 0 radical (unpaired) electrons. The third kappa shape index (κ3) is 3.35. The van der Waals surface area contributed by atoms with Gasteiger partial charge in [0, 0.05) is 18.3 Å². The SMILES string of the molecule is CCCNCc1ccc2c(ccn2CC(=O)OC)c1. The Morgan fingerprint density at radius 2 is 2.21 bits per heavy atom. The predicted octanol–water partition coefficient (Wildman–Crippen LogP) is 2.31. The number of nitrogens with one attached hydrogen (secondary N) is 1. The Kier molecular flexibility index (Phi) is 4.58. The van der Waals surface area contributed by atoms with Crippen molar-refractivity contribution in [3.8, 4) is 0 Å². The van der Waals surface area contributed by atoms with E-state index in [1.54, 1.807) is 0 Å². The lowest BCUT2D eigenvalue weighted by molar-refractivity contribution is -0.141. The predicted molar refractivity (Wildman–Crippen MR) is 76.0 cm³/mol. The molecule has 0 fully saturated rings. The van der Waals surface area contributed by atoms with Gasteiger partial charge in [0.25, 0.3) is 0 Å². The smallest absolute Gasteiger partial charge is 0.325 e. The van der Waals surface area contributed by atoms with Gasteiger partial charge in [0.1, 0.15) is 6.54 Å². The number of carbonyl (C=O) groups is 1. The third-order valence-corrected chi connectivity index (χ3v) is 3.12. The number of fused-ring (bicyclic) bond motifs is 1. The van der Waals surface area contributed by atoms with E-state index in [0.29, 0.717) is 0 Å². The van der Waals surface area contributed by atoms with E-state index in [1.165, 1.54) is 12.7 Å². The van der Waals surface area contributed by atoms with Crippen LogP contribution in [-0.4, -0.2) is 24.2 Å². The van der Waals surface area contributed by atoms with Gasteiger partial charge in [-0.3, -0.25) is 4.79 Å². The molecule has 0 atom stereocenters. The molecule has 4 nitrogen and oxygen atoms in total. The van der Waals surface area contributed by atoms with Gasteiger partial charge in [-0.15, -0.1) is 0 Å². The standard InChI is InChI=1S/C15H20N2O2/c1-3-7-16-10-12-4-5-14-13(9-12)6-8-17(14)11-15(18)19-2/h4-6,8-9,16H,3,7,10-11H2,1-2H3. The van der Waals surface area contributed by atoms with Gasteiger partial charge in [0.2, 0.25) is 0 Å². The maximum absolute atomic E-state index is 11.3. The quantitative estimate of drug-likeness (QED) is 0.640. The van der Waals surface area contributed by atoms with Gasteiger partial charge in [-0.2, -0.15) is 0 Å². The van der Waals surface area contributed by atoms with Crippen molar-refractivity contribution >= 4 is 16.9 Å². The van der Waals surface area contributed by atoms with Gasteiger partial charge >= 0.3 is 5.97 Å². The number of methoxy groups -OCH3 is 1. The van der Waals surface area contributed by atoms with Crippen LogP contribution in [0.25, 0.3) is 10.9 Å². The van der Waals surface area contributed by atoms with Crippen molar-refractivity contribution < 1.29 is 9.53 Å². The maximum Gasteiger partial charge on any atom is 0.325 e. The Bertz CT molecular complexity index is 560. The molecule has 0 amide bonds. The Hall–Kier alpha value is -1.81. The number of hydrogen-bond acceptors (Lipinski definition) is 3. The lowest BCUT2D eigenvalue weighted by Gasteiger charge is -2.06. The maximum atomic E-state index is 11.3. The minimum Gasteiger partial charge on any atom is -0.468 e. The van der Waals surface area contributed by atoms with E-state index in [1.807, 2.05) is 16.8 Å². The molecule has 0 spiro atoms. The highest BCUT2D eigenvalue weighted by molar-refractivity contribution is 5.82. The number of hydrogen-bond donors (Lipinski definition) is 1. The van der Waals surface area contributed by atoms with Crippen LogP contribution in [-0.2, 0) is 22.6 Å². The van der Waals surface area contributed by atoms with Crippen LogP contribution < -0.4 is 5.32 Å². The van der Waals surface area contributed by atoms with Crippen LogP contribution in [0.4, 0.5) is 0 Å². The fourth-order valence-electron chi connectivity index (χ4n) is 2.11. The summed E-state index contributed by atoms with van der Waals surface area (Å²) in [6.07, 6.45) is 3.06. The summed E-state index contributed by atoms with van der Waals surface area (Å²) in [6.45, 7) is 4.32. The second-order valence-electron chi connectivity index (χ2n) is 4.59. The molecule has 1 N–H and O–H groups in total. The molecular weight excluding hydrogens is 240 g/mol. The first-order valence-corrected chi connectivity index (χ1v) is 6.60. The average molecular weight is 260 g/mol. The molecule has 4 heteroatoms. The first-order valence-electron chi connectivity index (χ1n) is 6.60. The minimum atomic E-state index is -0.230. The summed E-state index contributed by atoms with van der Waals surface area (Å²) in [7, 11) is 1.41. The van der Waals surface area contributed by atoms with Crippen LogP contribution in [0.2, 0.25) is 0 Å². The van der Waals surface area contributed by atoms with Crippen LogP contribution in [0.15, 0.2) is 30.5 Å². The van der Waals surface area contributed by atoms with Crippen molar-refractivity contribution in [3.05, 3.63) is 36.0 Å². The van der Waals surface area contributed by atoms with E-state index < -0.39 is 0 Å². The third-order valence-electron chi connectivity index (χ3n) is 3.12. The molecule has 102 valence electrons. The highest BCUT2D eigenvalue weighted by atomic mass is 16.5. The summed E-state index contributed by atoms with van der Waals surface area (Å²) in [5, 5.41) is 4.54. The summed E-state index contributed by atoms with van der Waals surface area (Å²) in [5.74, 6) is -0.230. The van der Waals surface area contributed by atoms with E-state index in [9.17, 15) is 4.79 Å². The number of esters is 1. The Labute approximate surface area is 113 Å². The number of nitrogens with zero attached hydrogens (tertiary/aromatic N) is 1. The van der Waals surface area contributed by atoms with E-state index in [0.717, 1.165) is 30.4 Å². The molecule has 0 saturated heterocycles. The second-order valence-corrected chi connectivity index (χ2v) is 4.59. The van der Waals surface area contributed by atoms with Gasteiger partial charge < -0.3 is 14.6 Å². The van der Waals surface area contributed by atoms with Crippen LogP contribution in [0.3, 0.4) is 0 Å². The van der Waals surface area contributed by atoms with Crippen LogP contribution in [0.1, 0.15) is 18.9 Å². The first-order chi connectivity index (χ1) is 9.24. The molecule has 1 heterocycles. The van der Waals surface area contributed by atoms with E-state index >= 15 is 0 Å². The van der Waals surface area contributed by atoms with Crippen LogP contribution in [0.5, 0.6) is 0 Å². The summed E-state index contributed by atoms with van der Waals surface area (Å²) >= 11 is 0. The molecule has 0 saturated carbocycles. The van der Waals surface area contributed by atoms with Crippen molar-refractivity contribution in [2.24, 2.45) is 0 Å². The van der Waals surface area contributed by atoms with E-state index in [2.05, 4.69) is 30.4 Å². The molecule has 0 bridgehead atoms. The Morgan fingerprint density at radius 1 is 1.37 bits per heavy atom. The van der Waals surface area contributed by atoms with Crippen LogP contribution in [0, 0.1) is 0 Å². The van der Waals surface area contributed by atoms with Crippen molar-refractivity contribution in [2.45, 2.75) is 26.4 Å². The second kappa shape index (κ2) is 6.38. The highest BCUT2D eigenvalue weighted by Crippen LogP contribution is 2.17. The molecule has 0 aliphatic heterocycles. The topological polar surface area (TPSA) is 43.3 Å². The summed E-state index contributed by atoms with van der Waals surface area (Å²) in [5.41, 5.74) is 2.32. The largest absolute Gasteiger partial charge is 0.468 e. The first kappa shape index (κ1) is 13.6. The van der Waals surface area contributed by atoms with Gasteiger partial charge in [0.15, 0.2) is 0 Å². The lowest BCUT2D eigenvalue weighted by Crippen LogP contribution is -2.13. The van der Waals surface area contributed by atoms with Crippen molar-refractivity contribution in [1.29, 1.82) is 0 Å². The number of benzene rings is 1. The molecule has 1 aromatic heterocycles.